The maximum atomic E-state index is 12.0. The quantitative estimate of drug-likeness (QED) is 0.552. The summed E-state index contributed by atoms with van der Waals surface area (Å²) < 4.78 is 10.7. The minimum Gasteiger partial charge on any atom is -0.481 e. The molecule has 0 radical (unpaired) electrons. The molecular weight excluding hydrogens is 400 g/mol. The molecule has 1 aliphatic rings. The lowest BCUT2D eigenvalue weighted by Gasteiger charge is -2.33. The number of hydrogen-bond donors (Lipinski definition) is 3. The lowest BCUT2D eigenvalue weighted by atomic mass is 9.74. The summed E-state index contributed by atoms with van der Waals surface area (Å²) in [6.07, 6.45) is -0.271. The van der Waals surface area contributed by atoms with Crippen LogP contribution in [0.25, 0.3) is 22.5 Å². The van der Waals surface area contributed by atoms with E-state index >= 15 is 0 Å². The number of aliphatic carboxylic acids is 1. The van der Waals surface area contributed by atoms with E-state index in [1.54, 1.807) is 6.92 Å². The fourth-order valence-corrected chi connectivity index (χ4v) is 3.96. The SMILES string of the molecule is Cc1noc(-c2ccc(-c3ccc(C4(C(=O)O)CCOCC4)cc3)cc2)c1NC(=O)O. The molecule has 8 nitrogen and oxygen atoms in total. The van der Waals surface area contributed by atoms with Gasteiger partial charge in [-0.05, 0) is 36.5 Å². The minimum absolute atomic E-state index is 0.319. The second-order valence-electron chi connectivity index (χ2n) is 7.56. The molecule has 1 fully saturated rings. The molecule has 0 unspecified atom stereocenters. The second-order valence-corrected chi connectivity index (χ2v) is 7.56. The second kappa shape index (κ2) is 8.23. The predicted octanol–water partition coefficient (Wildman–Crippen LogP) is 4.54. The Kier molecular flexibility index (Phi) is 5.48. The molecule has 0 atom stereocenters. The van der Waals surface area contributed by atoms with E-state index in [0.29, 0.717) is 48.8 Å². The van der Waals surface area contributed by atoms with Crippen molar-refractivity contribution in [1.82, 2.24) is 5.16 Å². The Balaban J connectivity index is 1.59. The summed E-state index contributed by atoms with van der Waals surface area (Å²) in [5.41, 5.74) is 3.23. The van der Waals surface area contributed by atoms with E-state index in [0.717, 1.165) is 16.7 Å². The number of amides is 1. The van der Waals surface area contributed by atoms with Crippen molar-refractivity contribution in [3.8, 4) is 22.5 Å². The van der Waals surface area contributed by atoms with Gasteiger partial charge in [0.1, 0.15) is 11.4 Å². The monoisotopic (exact) mass is 422 g/mol. The van der Waals surface area contributed by atoms with Crippen molar-refractivity contribution in [2.75, 3.05) is 18.5 Å². The third-order valence-corrected chi connectivity index (χ3v) is 5.77. The zero-order valence-electron chi connectivity index (χ0n) is 16.9. The van der Waals surface area contributed by atoms with E-state index in [1.807, 2.05) is 48.5 Å². The predicted molar refractivity (Wildman–Crippen MR) is 113 cm³/mol. The molecule has 1 amide bonds. The van der Waals surface area contributed by atoms with Crippen LogP contribution in [-0.4, -0.2) is 40.6 Å². The third kappa shape index (κ3) is 3.89. The van der Waals surface area contributed by atoms with Crippen LogP contribution in [-0.2, 0) is 14.9 Å². The Hall–Kier alpha value is -3.65. The van der Waals surface area contributed by atoms with E-state index in [1.165, 1.54) is 0 Å². The van der Waals surface area contributed by atoms with Crippen molar-refractivity contribution < 1.29 is 29.1 Å². The maximum absolute atomic E-state index is 12.0. The van der Waals surface area contributed by atoms with Gasteiger partial charge in [0.2, 0.25) is 0 Å². The number of anilines is 1. The van der Waals surface area contributed by atoms with Crippen molar-refractivity contribution in [2.45, 2.75) is 25.2 Å². The number of aryl methyl sites for hydroxylation is 1. The van der Waals surface area contributed by atoms with Crippen LogP contribution in [0.2, 0.25) is 0 Å². The van der Waals surface area contributed by atoms with Crippen LogP contribution in [0.4, 0.5) is 10.5 Å². The van der Waals surface area contributed by atoms with Crippen molar-refractivity contribution in [3.63, 3.8) is 0 Å². The average molecular weight is 422 g/mol. The third-order valence-electron chi connectivity index (χ3n) is 5.77. The number of ether oxygens (including phenoxy) is 1. The number of hydrogen-bond acceptors (Lipinski definition) is 5. The first-order valence-corrected chi connectivity index (χ1v) is 9.89. The first-order valence-electron chi connectivity index (χ1n) is 9.89. The fourth-order valence-electron chi connectivity index (χ4n) is 3.96. The summed E-state index contributed by atoms with van der Waals surface area (Å²) >= 11 is 0. The maximum Gasteiger partial charge on any atom is 0.409 e. The molecule has 2 aromatic carbocycles. The highest BCUT2D eigenvalue weighted by Crippen LogP contribution is 2.37. The van der Waals surface area contributed by atoms with Gasteiger partial charge in [-0.25, -0.2) is 4.79 Å². The number of carboxylic acids is 1. The van der Waals surface area contributed by atoms with Gasteiger partial charge in [0.25, 0.3) is 0 Å². The molecule has 1 aliphatic heterocycles. The lowest BCUT2D eigenvalue weighted by Crippen LogP contribution is -2.41. The van der Waals surface area contributed by atoms with E-state index in [-0.39, 0.29) is 0 Å². The highest BCUT2D eigenvalue weighted by molar-refractivity contribution is 5.89. The molecule has 2 heterocycles. The molecule has 1 aromatic heterocycles. The molecule has 31 heavy (non-hydrogen) atoms. The lowest BCUT2D eigenvalue weighted by molar-refractivity contribution is -0.147. The van der Waals surface area contributed by atoms with Gasteiger partial charge in [0.15, 0.2) is 5.76 Å². The fraction of sp³-hybridized carbons (Fsp3) is 0.261. The van der Waals surface area contributed by atoms with Gasteiger partial charge in [0.05, 0.1) is 5.41 Å². The largest absolute Gasteiger partial charge is 0.481 e. The Labute approximate surface area is 178 Å². The molecule has 3 N–H and O–H groups in total. The average Bonchev–Trinajstić information content (AvgIpc) is 3.14. The Morgan fingerprint density at radius 1 is 0.935 bits per heavy atom. The molecule has 4 rings (SSSR count). The standard InChI is InChI=1S/C23H22N2O6/c1-14-19(24-22(28)29)20(31-25-14)17-4-2-15(3-5-17)16-6-8-18(9-7-16)23(21(26)27)10-12-30-13-11-23/h2-9,24H,10-13H2,1H3,(H,26,27)(H,28,29). The van der Waals surface area contributed by atoms with Crippen LogP contribution >= 0.6 is 0 Å². The van der Waals surface area contributed by atoms with Crippen molar-refractivity contribution in [1.29, 1.82) is 0 Å². The van der Waals surface area contributed by atoms with E-state index < -0.39 is 17.5 Å². The van der Waals surface area contributed by atoms with Crippen LogP contribution in [0, 0.1) is 6.92 Å². The summed E-state index contributed by atoms with van der Waals surface area (Å²) in [6.45, 7) is 2.54. The van der Waals surface area contributed by atoms with Gasteiger partial charge < -0.3 is 19.5 Å². The van der Waals surface area contributed by atoms with Crippen molar-refractivity contribution in [2.24, 2.45) is 0 Å². The molecule has 1 saturated heterocycles. The van der Waals surface area contributed by atoms with Gasteiger partial charge in [-0.3, -0.25) is 10.1 Å². The number of nitrogens with zero attached hydrogens (tertiary/aromatic N) is 1. The smallest absolute Gasteiger partial charge is 0.409 e. The topological polar surface area (TPSA) is 122 Å². The molecule has 8 heteroatoms. The molecule has 0 saturated carbocycles. The number of benzene rings is 2. The summed E-state index contributed by atoms with van der Waals surface area (Å²) in [5.74, 6) is -0.467. The molecule has 0 bridgehead atoms. The molecule has 0 spiro atoms. The summed E-state index contributed by atoms with van der Waals surface area (Å²) in [7, 11) is 0. The molecule has 0 aliphatic carbocycles. The Morgan fingerprint density at radius 2 is 1.48 bits per heavy atom. The number of carboxylic acid groups (broad SMARTS) is 2. The minimum atomic E-state index is -1.19. The molecular formula is C23H22N2O6. The van der Waals surface area contributed by atoms with Crippen LogP contribution in [0.1, 0.15) is 24.1 Å². The number of aromatic nitrogens is 1. The van der Waals surface area contributed by atoms with Crippen molar-refractivity contribution >= 4 is 17.7 Å². The van der Waals surface area contributed by atoms with Gasteiger partial charge in [-0.2, -0.15) is 0 Å². The van der Waals surface area contributed by atoms with E-state index in [4.69, 9.17) is 14.4 Å². The van der Waals surface area contributed by atoms with Gasteiger partial charge in [-0.1, -0.05) is 53.7 Å². The van der Waals surface area contributed by atoms with E-state index in [2.05, 4.69) is 10.5 Å². The summed E-state index contributed by atoms with van der Waals surface area (Å²) in [6, 6.07) is 15.0. The van der Waals surface area contributed by atoms with Gasteiger partial charge in [0, 0.05) is 18.8 Å². The normalized spacial score (nSPS) is 15.4. The van der Waals surface area contributed by atoms with Crippen LogP contribution < -0.4 is 5.32 Å². The van der Waals surface area contributed by atoms with Crippen LogP contribution in [0.5, 0.6) is 0 Å². The molecule has 3 aromatic rings. The summed E-state index contributed by atoms with van der Waals surface area (Å²) in [5, 5.41) is 25.0. The van der Waals surface area contributed by atoms with Gasteiger partial charge >= 0.3 is 12.1 Å². The number of carbonyl (C=O) groups is 2. The van der Waals surface area contributed by atoms with E-state index in [9.17, 15) is 14.7 Å². The van der Waals surface area contributed by atoms with Crippen LogP contribution in [0.15, 0.2) is 53.1 Å². The highest BCUT2D eigenvalue weighted by Gasteiger charge is 2.41. The first-order chi connectivity index (χ1) is 14.9. The van der Waals surface area contributed by atoms with Gasteiger partial charge in [-0.15, -0.1) is 0 Å². The zero-order chi connectivity index (χ0) is 22.0. The molecule has 160 valence electrons. The summed E-state index contributed by atoms with van der Waals surface area (Å²) in [4.78, 5) is 23.0. The first kappa shape index (κ1) is 20.6. The van der Waals surface area contributed by atoms with Crippen molar-refractivity contribution in [3.05, 3.63) is 59.8 Å². The number of nitrogens with one attached hydrogen (secondary N) is 1. The number of rotatable bonds is 5. The Bertz CT molecular complexity index is 1100. The zero-order valence-corrected chi connectivity index (χ0v) is 16.9. The van der Waals surface area contributed by atoms with Crippen LogP contribution in [0.3, 0.4) is 0 Å². The Morgan fingerprint density at radius 3 is 2.03 bits per heavy atom. The highest BCUT2D eigenvalue weighted by atomic mass is 16.5.